The number of benzene rings is 1. The van der Waals surface area contributed by atoms with Gasteiger partial charge in [-0.3, -0.25) is 0 Å². The Morgan fingerprint density at radius 1 is 1.35 bits per heavy atom. The summed E-state index contributed by atoms with van der Waals surface area (Å²) in [5.41, 5.74) is 2.42. The first kappa shape index (κ1) is 10.1. The fourth-order valence-electron chi connectivity index (χ4n) is 1.52. The molecule has 2 aromatic heterocycles. The molecule has 3 rings (SSSR count). The van der Waals surface area contributed by atoms with Crippen LogP contribution in [0, 0.1) is 11.3 Å². The molecule has 0 aliphatic rings. The van der Waals surface area contributed by atoms with Gasteiger partial charge >= 0.3 is 0 Å². The predicted octanol–water partition coefficient (Wildman–Crippen LogP) is 3.12. The van der Waals surface area contributed by atoms with Gasteiger partial charge in [-0.05, 0) is 34.1 Å². The molecule has 82 valence electrons. The van der Waals surface area contributed by atoms with E-state index in [2.05, 4.69) is 26.1 Å². The largest absolute Gasteiger partial charge is 0.443 e. The van der Waals surface area contributed by atoms with Crippen molar-refractivity contribution in [3.05, 3.63) is 34.8 Å². The van der Waals surface area contributed by atoms with Crippen molar-refractivity contribution in [3.63, 3.8) is 0 Å². The number of fused-ring (bicyclic) bond motifs is 1. The standard InChI is InChI=1S/C11H4BrN3O2/c12-10-8(4-13)15-17-11(10)6-1-2-7-9(3-6)16-5-14-7/h1-3,5H. The van der Waals surface area contributed by atoms with E-state index >= 15 is 0 Å². The second kappa shape index (κ2) is 3.71. The number of nitrogens with zero attached hydrogens (tertiary/aromatic N) is 3. The van der Waals surface area contributed by atoms with E-state index < -0.39 is 0 Å². The lowest BCUT2D eigenvalue weighted by molar-refractivity contribution is 0.430. The Balaban J connectivity index is 2.20. The molecule has 6 heteroatoms. The number of halogens is 1. The molecule has 0 spiro atoms. The number of hydrogen-bond donors (Lipinski definition) is 0. The molecule has 0 amide bonds. The minimum absolute atomic E-state index is 0.220. The minimum Gasteiger partial charge on any atom is -0.443 e. The van der Waals surface area contributed by atoms with Gasteiger partial charge in [0.25, 0.3) is 0 Å². The highest BCUT2D eigenvalue weighted by molar-refractivity contribution is 9.10. The molecule has 0 bridgehead atoms. The van der Waals surface area contributed by atoms with Crippen molar-refractivity contribution in [2.45, 2.75) is 0 Å². The van der Waals surface area contributed by atoms with Gasteiger partial charge in [-0.15, -0.1) is 0 Å². The lowest BCUT2D eigenvalue weighted by atomic mass is 10.1. The van der Waals surface area contributed by atoms with Crippen LogP contribution in [0.25, 0.3) is 22.4 Å². The van der Waals surface area contributed by atoms with Crippen LogP contribution in [-0.2, 0) is 0 Å². The van der Waals surface area contributed by atoms with Crippen molar-refractivity contribution >= 4 is 27.0 Å². The molecule has 0 aliphatic heterocycles. The van der Waals surface area contributed by atoms with E-state index in [1.54, 1.807) is 6.07 Å². The van der Waals surface area contributed by atoms with E-state index in [1.165, 1.54) is 6.39 Å². The lowest BCUT2D eigenvalue weighted by Gasteiger charge is -1.95. The molecule has 1 aromatic carbocycles. The summed E-state index contributed by atoms with van der Waals surface area (Å²) in [6.45, 7) is 0. The predicted molar refractivity (Wildman–Crippen MR) is 61.9 cm³/mol. The molecule has 0 fully saturated rings. The second-order valence-electron chi connectivity index (χ2n) is 3.32. The van der Waals surface area contributed by atoms with E-state index in [1.807, 2.05) is 18.2 Å². The van der Waals surface area contributed by atoms with Crippen LogP contribution in [0.4, 0.5) is 0 Å². The maximum absolute atomic E-state index is 8.79. The first-order valence-electron chi connectivity index (χ1n) is 4.68. The van der Waals surface area contributed by atoms with Gasteiger partial charge in [0, 0.05) is 5.56 Å². The second-order valence-corrected chi connectivity index (χ2v) is 4.11. The van der Waals surface area contributed by atoms with E-state index in [0.717, 1.165) is 11.1 Å². The van der Waals surface area contributed by atoms with E-state index in [-0.39, 0.29) is 5.69 Å². The van der Waals surface area contributed by atoms with Crippen molar-refractivity contribution in [1.82, 2.24) is 10.1 Å². The van der Waals surface area contributed by atoms with Crippen LogP contribution in [-0.4, -0.2) is 10.1 Å². The van der Waals surface area contributed by atoms with Gasteiger partial charge in [-0.1, -0.05) is 5.16 Å². The number of aromatic nitrogens is 2. The van der Waals surface area contributed by atoms with Crippen molar-refractivity contribution in [3.8, 4) is 17.4 Å². The monoisotopic (exact) mass is 289 g/mol. The van der Waals surface area contributed by atoms with Crippen molar-refractivity contribution in [2.24, 2.45) is 0 Å². The number of hydrogen-bond acceptors (Lipinski definition) is 5. The number of nitriles is 1. The summed E-state index contributed by atoms with van der Waals surface area (Å²) in [4.78, 5) is 4.02. The number of rotatable bonds is 1. The third-order valence-electron chi connectivity index (χ3n) is 2.33. The summed E-state index contributed by atoms with van der Waals surface area (Å²) >= 11 is 3.28. The summed E-state index contributed by atoms with van der Waals surface area (Å²) in [7, 11) is 0. The van der Waals surface area contributed by atoms with Gasteiger partial charge in [-0.25, -0.2) is 4.98 Å². The topological polar surface area (TPSA) is 75.8 Å². The highest BCUT2D eigenvalue weighted by Crippen LogP contribution is 2.32. The van der Waals surface area contributed by atoms with Gasteiger partial charge in [0.1, 0.15) is 16.1 Å². The molecule has 2 heterocycles. The Bertz CT molecular complexity index is 739. The van der Waals surface area contributed by atoms with Gasteiger partial charge in [0.05, 0.1) is 0 Å². The average molecular weight is 290 g/mol. The van der Waals surface area contributed by atoms with Crippen LogP contribution in [0.5, 0.6) is 0 Å². The van der Waals surface area contributed by atoms with Crippen LogP contribution < -0.4 is 0 Å². The van der Waals surface area contributed by atoms with Gasteiger partial charge in [0.15, 0.2) is 23.4 Å². The molecule has 0 radical (unpaired) electrons. The highest BCUT2D eigenvalue weighted by Gasteiger charge is 2.15. The van der Waals surface area contributed by atoms with Crippen LogP contribution in [0.15, 0.2) is 38.0 Å². The molecule has 0 atom stereocenters. The minimum atomic E-state index is 0.220. The normalized spacial score (nSPS) is 10.6. The first-order valence-corrected chi connectivity index (χ1v) is 5.48. The van der Waals surface area contributed by atoms with Gasteiger partial charge < -0.3 is 8.94 Å². The summed E-state index contributed by atoms with van der Waals surface area (Å²) in [5.74, 6) is 0.500. The molecule has 0 N–H and O–H groups in total. The Hall–Kier alpha value is -2.13. The zero-order chi connectivity index (χ0) is 11.8. The molecule has 0 saturated heterocycles. The Morgan fingerprint density at radius 3 is 3.00 bits per heavy atom. The lowest BCUT2D eigenvalue weighted by Crippen LogP contribution is -1.76. The van der Waals surface area contributed by atoms with Crippen molar-refractivity contribution < 1.29 is 8.94 Å². The zero-order valence-electron chi connectivity index (χ0n) is 8.35. The summed E-state index contributed by atoms with van der Waals surface area (Å²) < 4.78 is 10.9. The molecule has 0 saturated carbocycles. The van der Waals surface area contributed by atoms with E-state index in [0.29, 0.717) is 15.8 Å². The Labute approximate surface area is 104 Å². The molecule has 17 heavy (non-hydrogen) atoms. The van der Waals surface area contributed by atoms with Crippen LogP contribution in [0.1, 0.15) is 5.69 Å². The molecule has 0 unspecified atom stereocenters. The molecular weight excluding hydrogens is 286 g/mol. The van der Waals surface area contributed by atoms with Crippen LogP contribution in [0.3, 0.4) is 0 Å². The maximum atomic E-state index is 8.79. The summed E-state index contributed by atoms with van der Waals surface area (Å²) in [6.07, 6.45) is 1.38. The third kappa shape index (κ3) is 1.52. The molecular formula is C11H4BrN3O2. The smallest absolute Gasteiger partial charge is 0.198 e. The van der Waals surface area contributed by atoms with Crippen LogP contribution in [0.2, 0.25) is 0 Å². The fourth-order valence-corrected chi connectivity index (χ4v) is 1.99. The maximum Gasteiger partial charge on any atom is 0.198 e. The van der Waals surface area contributed by atoms with Crippen molar-refractivity contribution in [2.75, 3.05) is 0 Å². The molecule has 3 aromatic rings. The fraction of sp³-hybridized carbons (Fsp3) is 0. The third-order valence-corrected chi connectivity index (χ3v) is 3.07. The Kier molecular flexibility index (Phi) is 2.20. The quantitative estimate of drug-likeness (QED) is 0.688. The van der Waals surface area contributed by atoms with E-state index in [4.69, 9.17) is 14.2 Å². The Morgan fingerprint density at radius 2 is 2.24 bits per heavy atom. The number of oxazole rings is 1. The molecule has 0 aliphatic carbocycles. The molecule has 5 nitrogen and oxygen atoms in total. The summed E-state index contributed by atoms with van der Waals surface area (Å²) in [5, 5.41) is 12.4. The average Bonchev–Trinajstić information content (AvgIpc) is 2.94. The zero-order valence-corrected chi connectivity index (χ0v) is 9.93. The SMILES string of the molecule is N#Cc1noc(-c2ccc3ncoc3c2)c1Br. The highest BCUT2D eigenvalue weighted by atomic mass is 79.9. The van der Waals surface area contributed by atoms with E-state index in [9.17, 15) is 0 Å². The van der Waals surface area contributed by atoms with Gasteiger partial charge in [-0.2, -0.15) is 5.26 Å². The first-order chi connectivity index (χ1) is 8.29. The van der Waals surface area contributed by atoms with Crippen molar-refractivity contribution in [1.29, 1.82) is 5.26 Å². The summed E-state index contributed by atoms with van der Waals surface area (Å²) in [6, 6.07) is 7.36. The van der Waals surface area contributed by atoms with Gasteiger partial charge in [0.2, 0.25) is 0 Å². The van der Waals surface area contributed by atoms with Crippen LogP contribution >= 0.6 is 15.9 Å².